The van der Waals surface area contributed by atoms with Gasteiger partial charge in [-0.2, -0.15) is 0 Å². The summed E-state index contributed by atoms with van der Waals surface area (Å²) in [5, 5.41) is 2.07. The molecule has 0 saturated carbocycles. The molecule has 3 aromatic carbocycles. The molecule has 152 valence electrons. The summed E-state index contributed by atoms with van der Waals surface area (Å²) in [4.78, 5) is 37.6. The van der Waals surface area contributed by atoms with E-state index in [0.717, 1.165) is 18.2 Å². The van der Waals surface area contributed by atoms with Gasteiger partial charge in [0.05, 0.1) is 5.56 Å². The number of para-hydroxylation sites is 1. The summed E-state index contributed by atoms with van der Waals surface area (Å²) in [6.45, 7) is 1.26. The molecule has 3 rings (SSSR count). The molecule has 1 amide bonds. The first-order valence-corrected chi connectivity index (χ1v) is 9.03. The van der Waals surface area contributed by atoms with Crippen molar-refractivity contribution in [2.75, 3.05) is 5.32 Å². The summed E-state index contributed by atoms with van der Waals surface area (Å²) in [7, 11) is 0. The van der Waals surface area contributed by atoms with Crippen LogP contribution in [0.25, 0.3) is 0 Å². The molecule has 5 nitrogen and oxygen atoms in total. The van der Waals surface area contributed by atoms with Gasteiger partial charge >= 0.3 is 5.97 Å². The number of ketones is 1. The van der Waals surface area contributed by atoms with E-state index in [1.54, 1.807) is 42.5 Å². The molecule has 1 atom stereocenters. The lowest BCUT2D eigenvalue weighted by atomic mass is 9.98. The lowest BCUT2D eigenvalue weighted by molar-refractivity contribution is -0.123. The zero-order valence-electron chi connectivity index (χ0n) is 15.9. The van der Waals surface area contributed by atoms with Crippen LogP contribution in [0.4, 0.5) is 14.5 Å². The second-order valence-corrected chi connectivity index (χ2v) is 6.37. The summed E-state index contributed by atoms with van der Waals surface area (Å²) >= 11 is 0. The molecule has 0 aliphatic carbocycles. The maximum absolute atomic E-state index is 13.7. The highest BCUT2D eigenvalue weighted by Crippen LogP contribution is 2.20. The van der Waals surface area contributed by atoms with Crippen molar-refractivity contribution in [3.05, 3.63) is 101 Å². The number of esters is 1. The fourth-order valence-electron chi connectivity index (χ4n) is 2.72. The molecule has 0 fully saturated rings. The first kappa shape index (κ1) is 20.9. The van der Waals surface area contributed by atoms with E-state index in [-0.39, 0.29) is 16.9 Å². The van der Waals surface area contributed by atoms with Crippen LogP contribution in [0.2, 0.25) is 0 Å². The highest BCUT2D eigenvalue weighted by Gasteiger charge is 2.24. The van der Waals surface area contributed by atoms with Gasteiger partial charge in [0.1, 0.15) is 17.3 Å². The van der Waals surface area contributed by atoms with Crippen molar-refractivity contribution in [3.8, 4) is 0 Å². The quantitative estimate of drug-likeness (QED) is 0.484. The van der Waals surface area contributed by atoms with E-state index in [1.807, 2.05) is 0 Å². The van der Waals surface area contributed by atoms with Crippen LogP contribution in [0.15, 0.2) is 72.8 Å². The molecule has 0 spiro atoms. The SMILES string of the molecule is CC(OC(=O)c1ccccc1C(=O)c1ccccc1)C(=O)Nc1c(F)cccc1F. The van der Waals surface area contributed by atoms with Gasteiger partial charge in [0.15, 0.2) is 11.9 Å². The molecule has 0 saturated heterocycles. The minimum absolute atomic E-state index is 0.0249. The van der Waals surface area contributed by atoms with Crippen LogP contribution in [0.3, 0.4) is 0 Å². The number of benzene rings is 3. The summed E-state index contributed by atoms with van der Waals surface area (Å²) in [5.74, 6) is -4.12. The number of anilines is 1. The Hall–Kier alpha value is -3.87. The normalized spacial score (nSPS) is 11.4. The molecular formula is C23H17F2NO4. The predicted octanol–water partition coefficient (Wildman–Crippen LogP) is 4.38. The van der Waals surface area contributed by atoms with Gasteiger partial charge in [0.25, 0.3) is 5.91 Å². The van der Waals surface area contributed by atoms with E-state index in [1.165, 1.54) is 19.1 Å². The number of carbonyl (C=O) groups excluding carboxylic acids is 3. The number of amides is 1. The Morgan fingerprint density at radius 1 is 0.800 bits per heavy atom. The largest absolute Gasteiger partial charge is 0.449 e. The average molecular weight is 409 g/mol. The molecule has 0 aliphatic rings. The van der Waals surface area contributed by atoms with Crippen molar-refractivity contribution in [1.29, 1.82) is 0 Å². The van der Waals surface area contributed by atoms with Crippen LogP contribution in [0.1, 0.15) is 33.2 Å². The minimum atomic E-state index is -1.36. The Kier molecular flexibility index (Phi) is 6.32. The lowest BCUT2D eigenvalue weighted by Crippen LogP contribution is -2.31. The zero-order valence-corrected chi connectivity index (χ0v) is 15.9. The highest BCUT2D eigenvalue weighted by molar-refractivity contribution is 6.14. The van der Waals surface area contributed by atoms with Gasteiger partial charge in [-0.1, -0.05) is 54.6 Å². The van der Waals surface area contributed by atoms with Crippen LogP contribution in [-0.2, 0) is 9.53 Å². The summed E-state index contributed by atoms with van der Waals surface area (Å²) in [6.07, 6.45) is -1.36. The molecule has 0 heterocycles. The Labute approximate surface area is 171 Å². The average Bonchev–Trinajstić information content (AvgIpc) is 2.76. The smallest absolute Gasteiger partial charge is 0.339 e. The zero-order chi connectivity index (χ0) is 21.7. The Bertz CT molecular complexity index is 1080. The van der Waals surface area contributed by atoms with Crippen LogP contribution in [0, 0.1) is 11.6 Å². The van der Waals surface area contributed by atoms with Crippen molar-refractivity contribution >= 4 is 23.3 Å². The fraction of sp³-hybridized carbons (Fsp3) is 0.0870. The van der Waals surface area contributed by atoms with Gasteiger partial charge < -0.3 is 10.1 Å². The first-order valence-electron chi connectivity index (χ1n) is 9.03. The van der Waals surface area contributed by atoms with E-state index in [9.17, 15) is 23.2 Å². The maximum Gasteiger partial charge on any atom is 0.339 e. The van der Waals surface area contributed by atoms with Crippen molar-refractivity contribution in [2.24, 2.45) is 0 Å². The minimum Gasteiger partial charge on any atom is -0.449 e. The number of hydrogen-bond donors (Lipinski definition) is 1. The fourth-order valence-corrected chi connectivity index (χ4v) is 2.72. The first-order chi connectivity index (χ1) is 14.4. The van der Waals surface area contributed by atoms with E-state index in [0.29, 0.717) is 5.56 Å². The second kappa shape index (κ2) is 9.09. The van der Waals surface area contributed by atoms with Gasteiger partial charge in [-0.05, 0) is 25.1 Å². The van der Waals surface area contributed by atoms with E-state index < -0.39 is 35.3 Å². The molecule has 1 N–H and O–H groups in total. The molecule has 0 aliphatic heterocycles. The van der Waals surface area contributed by atoms with Gasteiger partial charge in [-0.25, -0.2) is 13.6 Å². The van der Waals surface area contributed by atoms with Crippen LogP contribution >= 0.6 is 0 Å². The molecular weight excluding hydrogens is 392 g/mol. The number of hydrogen-bond acceptors (Lipinski definition) is 4. The van der Waals surface area contributed by atoms with Gasteiger partial charge in [-0.15, -0.1) is 0 Å². The van der Waals surface area contributed by atoms with E-state index >= 15 is 0 Å². The second-order valence-electron chi connectivity index (χ2n) is 6.37. The summed E-state index contributed by atoms with van der Waals surface area (Å²) in [5.41, 5.74) is -0.159. The van der Waals surface area contributed by atoms with Crippen molar-refractivity contribution < 1.29 is 27.9 Å². The number of halogens is 2. The molecule has 1 unspecified atom stereocenters. The maximum atomic E-state index is 13.7. The molecule has 3 aromatic rings. The standard InChI is InChI=1S/C23H17F2NO4/c1-14(22(28)26-20-18(24)12-7-13-19(20)25)30-23(29)17-11-6-5-10-16(17)21(27)15-8-3-2-4-9-15/h2-14H,1H3,(H,26,28). The third kappa shape index (κ3) is 4.57. The van der Waals surface area contributed by atoms with E-state index in [2.05, 4.69) is 5.32 Å². The van der Waals surface area contributed by atoms with Crippen molar-refractivity contribution in [3.63, 3.8) is 0 Å². The summed E-state index contributed by atoms with van der Waals surface area (Å²) < 4.78 is 32.5. The topological polar surface area (TPSA) is 72.5 Å². The van der Waals surface area contributed by atoms with Crippen molar-refractivity contribution in [1.82, 2.24) is 0 Å². The molecule has 0 aromatic heterocycles. The highest BCUT2D eigenvalue weighted by atomic mass is 19.1. The molecule has 0 bridgehead atoms. The molecule has 30 heavy (non-hydrogen) atoms. The van der Waals surface area contributed by atoms with Crippen LogP contribution in [0.5, 0.6) is 0 Å². The van der Waals surface area contributed by atoms with Gasteiger partial charge in [-0.3, -0.25) is 9.59 Å². The van der Waals surface area contributed by atoms with Crippen LogP contribution < -0.4 is 5.32 Å². The molecule has 0 radical (unpaired) electrons. The molecule has 7 heteroatoms. The Morgan fingerprint density at radius 2 is 1.37 bits per heavy atom. The number of ether oxygens (including phenoxy) is 1. The van der Waals surface area contributed by atoms with Gasteiger partial charge in [0, 0.05) is 11.1 Å². The number of nitrogens with one attached hydrogen (secondary N) is 1. The summed E-state index contributed by atoms with van der Waals surface area (Å²) in [6, 6.07) is 17.5. The lowest BCUT2D eigenvalue weighted by Gasteiger charge is -2.15. The third-order valence-corrected chi connectivity index (χ3v) is 4.29. The number of carbonyl (C=O) groups is 3. The monoisotopic (exact) mass is 409 g/mol. The Balaban J connectivity index is 1.76. The predicted molar refractivity (Wildman–Crippen MR) is 106 cm³/mol. The number of rotatable bonds is 6. The third-order valence-electron chi connectivity index (χ3n) is 4.29. The van der Waals surface area contributed by atoms with Crippen LogP contribution in [-0.4, -0.2) is 23.8 Å². The van der Waals surface area contributed by atoms with Gasteiger partial charge in [0.2, 0.25) is 0 Å². The van der Waals surface area contributed by atoms with E-state index in [4.69, 9.17) is 4.74 Å². The Morgan fingerprint density at radius 3 is 2.00 bits per heavy atom. The van der Waals surface area contributed by atoms with Crippen molar-refractivity contribution in [2.45, 2.75) is 13.0 Å².